The number of para-hydroxylation sites is 2. The molecule has 4 aliphatic rings. The van der Waals surface area contributed by atoms with E-state index in [2.05, 4.69) is 231 Å². The molecular formula is C61H45NO2. The lowest BCUT2D eigenvalue weighted by molar-refractivity contribution is 0.417. The Morgan fingerprint density at radius 2 is 0.984 bits per heavy atom. The molecule has 8 aromatic rings. The summed E-state index contributed by atoms with van der Waals surface area (Å²) in [5.74, 6) is 1.34. The Hall–Kier alpha value is -7.88. The molecule has 0 N–H and O–H groups in total. The zero-order valence-electron chi connectivity index (χ0n) is 35.8. The van der Waals surface area contributed by atoms with Gasteiger partial charge in [0.1, 0.15) is 0 Å². The summed E-state index contributed by atoms with van der Waals surface area (Å²) in [4.78, 5) is 2.38. The first kappa shape index (κ1) is 37.8. The highest BCUT2D eigenvalue weighted by Crippen LogP contribution is 2.63. The van der Waals surface area contributed by atoms with Crippen molar-refractivity contribution in [3.63, 3.8) is 0 Å². The molecule has 3 nitrogen and oxygen atoms in total. The second-order valence-electron chi connectivity index (χ2n) is 17.1. The molecule has 1 atom stereocenters. The lowest BCUT2D eigenvalue weighted by atomic mass is 9.66. The minimum Gasteiger partial charge on any atom is -0.461 e. The minimum atomic E-state index is -0.573. The molecule has 0 radical (unpaired) electrons. The Balaban J connectivity index is 1.07. The molecule has 0 fully saturated rings. The van der Waals surface area contributed by atoms with Gasteiger partial charge in [-0.1, -0.05) is 189 Å². The van der Waals surface area contributed by atoms with Crippen molar-refractivity contribution >= 4 is 16.9 Å². The van der Waals surface area contributed by atoms with E-state index in [0.29, 0.717) is 11.5 Å². The summed E-state index contributed by atoms with van der Waals surface area (Å²) in [7, 11) is 0. The smallest absolute Gasteiger partial charge is 0.192 e. The molecular weight excluding hydrogens is 779 g/mol. The van der Waals surface area contributed by atoms with E-state index < -0.39 is 10.8 Å². The Bertz CT molecular complexity index is 3160. The predicted octanol–water partition coefficient (Wildman–Crippen LogP) is 14.8. The third-order valence-corrected chi connectivity index (χ3v) is 14.1. The van der Waals surface area contributed by atoms with Crippen LogP contribution in [0.25, 0.3) is 16.7 Å². The number of rotatable bonds is 5. The highest BCUT2D eigenvalue weighted by Gasteiger charge is 2.53. The van der Waals surface area contributed by atoms with Crippen molar-refractivity contribution in [2.45, 2.75) is 30.6 Å². The zero-order chi connectivity index (χ0) is 42.8. The van der Waals surface area contributed by atoms with Crippen LogP contribution in [0.15, 0.2) is 248 Å². The summed E-state index contributed by atoms with van der Waals surface area (Å²) in [6, 6.07) is 74.5. The van der Waals surface area contributed by atoms with E-state index in [9.17, 15) is 0 Å². The second kappa shape index (κ2) is 14.9. The van der Waals surface area contributed by atoms with Crippen molar-refractivity contribution in [3.8, 4) is 22.6 Å². The molecule has 306 valence electrons. The van der Waals surface area contributed by atoms with Crippen LogP contribution in [-0.2, 0) is 10.8 Å². The van der Waals surface area contributed by atoms with Crippen molar-refractivity contribution in [1.82, 2.24) is 0 Å². The van der Waals surface area contributed by atoms with Crippen molar-refractivity contribution in [3.05, 3.63) is 292 Å². The van der Waals surface area contributed by atoms with Crippen molar-refractivity contribution in [2.75, 3.05) is 4.90 Å². The zero-order valence-corrected chi connectivity index (χ0v) is 35.8. The number of hydrogen-bond acceptors (Lipinski definition) is 3. The van der Waals surface area contributed by atoms with Gasteiger partial charge in [-0.05, 0) is 116 Å². The van der Waals surface area contributed by atoms with Gasteiger partial charge in [-0.15, -0.1) is 0 Å². The second-order valence-corrected chi connectivity index (χ2v) is 17.1. The Morgan fingerprint density at radius 3 is 1.62 bits per heavy atom. The lowest BCUT2D eigenvalue weighted by Gasteiger charge is -2.39. The van der Waals surface area contributed by atoms with E-state index >= 15 is 0 Å². The summed E-state index contributed by atoms with van der Waals surface area (Å²) in [5.41, 5.74) is 18.1. The molecule has 3 aliphatic carbocycles. The van der Waals surface area contributed by atoms with Crippen LogP contribution < -0.4 is 14.4 Å². The number of nitrogens with zero attached hydrogens (tertiary/aromatic N) is 1. The molecule has 12 rings (SSSR count). The van der Waals surface area contributed by atoms with Gasteiger partial charge in [-0.3, -0.25) is 0 Å². The van der Waals surface area contributed by atoms with Gasteiger partial charge < -0.3 is 14.4 Å². The van der Waals surface area contributed by atoms with Gasteiger partial charge in [0.2, 0.25) is 0 Å². The van der Waals surface area contributed by atoms with Crippen LogP contribution in [0.5, 0.6) is 11.5 Å². The number of fused-ring (bicyclic) bond motifs is 11. The van der Waals surface area contributed by atoms with E-state index in [0.717, 1.165) is 28.2 Å². The maximum Gasteiger partial charge on any atom is 0.192 e. The SMILES string of the molecule is C/C(=C1\C(C)c2ccccc2C1(c1ccccc1)c1ccccc1)N(c1ccccc1)c1cccc2c1O/C=C/C1=C(/C=C/O2)c2ccccc2C12c1ccccc1-c1ccccc12. The molecule has 8 aromatic carbocycles. The first-order valence-electron chi connectivity index (χ1n) is 22.2. The molecule has 0 saturated heterocycles. The van der Waals surface area contributed by atoms with Crippen LogP contribution in [-0.4, -0.2) is 0 Å². The van der Waals surface area contributed by atoms with E-state index in [1.54, 1.807) is 0 Å². The maximum atomic E-state index is 7.07. The van der Waals surface area contributed by atoms with Gasteiger partial charge in [0, 0.05) is 17.3 Å². The average molecular weight is 824 g/mol. The molecule has 0 amide bonds. The number of anilines is 2. The molecule has 0 aromatic heterocycles. The van der Waals surface area contributed by atoms with Crippen molar-refractivity contribution < 1.29 is 9.47 Å². The third-order valence-electron chi connectivity index (χ3n) is 14.1. The predicted molar refractivity (Wildman–Crippen MR) is 260 cm³/mol. The maximum absolute atomic E-state index is 7.07. The van der Waals surface area contributed by atoms with Crippen LogP contribution in [0.3, 0.4) is 0 Å². The summed E-state index contributed by atoms with van der Waals surface area (Å²) in [5, 5.41) is 0. The van der Waals surface area contributed by atoms with Gasteiger partial charge in [-0.25, -0.2) is 0 Å². The first-order valence-corrected chi connectivity index (χ1v) is 22.2. The fourth-order valence-electron chi connectivity index (χ4n) is 11.8. The molecule has 1 aliphatic heterocycles. The fourth-order valence-corrected chi connectivity index (χ4v) is 11.8. The number of benzene rings is 8. The number of allylic oxidation sites excluding steroid dienone is 6. The first-order chi connectivity index (χ1) is 31.6. The van der Waals surface area contributed by atoms with E-state index in [1.165, 1.54) is 61.2 Å². The molecule has 1 heterocycles. The number of hydrogen-bond donors (Lipinski definition) is 0. The van der Waals surface area contributed by atoms with E-state index in [-0.39, 0.29) is 5.92 Å². The Labute approximate surface area is 375 Å². The number of ether oxygens (including phenoxy) is 2. The largest absolute Gasteiger partial charge is 0.461 e. The Morgan fingerprint density at radius 1 is 0.469 bits per heavy atom. The van der Waals surface area contributed by atoms with Gasteiger partial charge in [0.05, 0.1) is 29.0 Å². The quantitative estimate of drug-likeness (QED) is 0.173. The van der Waals surface area contributed by atoms with Crippen LogP contribution in [0, 0.1) is 0 Å². The lowest BCUT2D eigenvalue weighted by Crippen LogP contribution is -2.32. The summed E-state index contributed by atoms with van der Waals surface area (Å²) in [6.07, 6.45) is 8.07. The van der Waals surface area contributed by atoms with Crippen molar-refractivity contribution in [1.29, 1.82) is 0 Å². The average Bonchev–Trinajstić information content (AvgIpc) is 3.92. The molecule has 3 heteroatoms. The van der Waals surface area contributed by atoms with Gasteiger partial charge in [0.25, 0.3) is 0 Å². The van der Waals surface area contributed by atoms with Gasteiger partial charge in [0.15, 0.2) is 11.5 Å². The van der Waals surface area contributed by atoms with E-state index in [4.69, 9.17) is 9.47 Å². The minimum absolute atomic E-state index is 0.0859. The molecule has 0 saturated carbocycles. The molecule has 1 unspecified atom stereocenters. The summed E-state index contributed by atoms with van der Waals surface area (Å²) >= 11 is 0. The molecule has 64 heavy (non-hydrogen) atoms. The van der Waals surface area contributed by atoms with Crippen LogP contribution in [0.4, 0.5) is 11.4 Å². The van der Waals surface area contributed by atoms with Crippen molar-refractivity contribution in [2.24, 2.45) is 0 Å². The molecule has 0 bridgehead atoms. The van der Waals surface area contributed by atoms with E-state index in [1.807, 2.05) is 18.6 Å². The fraction of sp³-hybridized carbons (Fsp3) is 0.0820. The summed E-state index contributed by atoms with van der Waals surface area (Å²) in [6.45, 7) is 4.65. The highest BCUT2D eigenvalue weighted by atomic mass is 16.5. The molecule has 1 spiro atoms. The monoisotopic (exact) mass is 823 g/mol. The van der Waals surface area contributed by atoms with Crippen LogP contribution in [0.1, 0.15) is 64.3 Å². The topological polar surface area (TPSA) is 21.7 Å². The standard InChI is InChI=1S/C61H45NO2/c1-41-46-27-12-16-31-51(46)60(43-21-6-3-7-22-43,44-23-8-4-9-24-44)58(41)42(2)62(45-25-10-5-11-26-45)56-35-20-36-57-59(56)64-40-38-55-50(37-39-63-57)49-30-15-19-34-54(49)61(55)52-32-17-13-28-47(52)48-29-14-18-33-53(48)61/h3-41H,1-2H3/b39-37+,40-38+,58-42-. The Kier molecular flexibility index (Phi) is 8.81. The summed E-state index contributed by atoms with van der Waals surface area (Å²) < 4.78 is 13.8. The normalized spacial score (nSPS) is 18.6. The third kappa shape index (κ3) is 5.28. The van der Waals surface area contributed by atoms with Crippen LogP contribution in [0.2, 0.25) is 0 Å². The van der Waals surface area contributed by atoms with Gasteiger partial charge >= 0.3 is 0 Å². The highest BCUT2D eigenvalue weighted by molar-refractivity contribution is 5.98. The van der Waals surface area contributed by atoms with Crippen LogP contribution >= 0.6 is 0 Å². The van der Waals surface area contributed by atoms with Gasteiger partial charge in [-0.2, -0.15) is 0 Å².